The van der Waals surface area contributed by atoms with Crippen LogP contribution >= 0.6 is 0 Å². The van der Waals surface area contributed by atoms with Gasteiger partial charge in [-0.3, -0.25) is 4.79 Å². The van der Waals surface area contributed by atoms with E-state index in [0.29, 0.717) is 17.1 Å². The minimum Gasteiger partial charge on any atom is -0.493 e. The monoisotopic (exact) mass is 374 g/mol. The second-order valence-corrected chi connectivity index (χ2v) is 6.31. The molecule has 1 N–H and O–H groups in total. The zero-order valence-electron chi connectivity index (χ0n) is 14.9. The molecule has 0 aromatic heterocycles. The van der Waals surface area contributed by atoms with Crippen molar-refractivity contribution < 1.29 is 32.5 Å². The van der Waals surface area contributed by atoms with Gasteiger partial charge in [0.1, 0.15) is 0 Å². The van der Waals surface area contributed by atoms with Gasteiger partial charge in [-0.15, -0.1) is 0 Å². The van der Waals surface area contributed by atoms with Gasteiger partial charge in [-0.2, -0.15) is 23.3 Å². The molecule has 0 fully saturated rings. The number of ether oxygens (including phenoxy) is 2. The van der Waals surface area contributed by atoms with Gasteiger partial charge in [-0.25, -0.2) is 0 Å². The van der Waals surface area contributed by atoms with Crippen LogP contribution < -0.4 is 9.47 Å². The van der Waals surface area contributed by atoms with Crippen LogP contribution in [0, 0.1) is 5.92 Å². The highest BCUT2D eigenvalue weighted by Crippen LogP contribution is 2.41. The van der Waals surface area contributed by atoms with E-state index in [9.17, 15) is 23.1 Å². The van der Waals surface area contributed by atoms with Crippen molar-refractivity contribution in [2.75, 3.05) is 14.2 Å². The molecule has 1 heterocycles. The van der Waals surface area contributed by atoms with E-state index in [1.165, 1.54) is 26.4 Å². The molecular weight excluding hydrogens is 353 g/mol. The van der Waals surface area contributed by atoms with Crippen LogP contribution in [0.15, 0.2) is 23.3 Å². The lowest BCUT2D eigenvalue weighted by Gasteiger charge is -2.32. The summed E-state index contributed by atoms with van der Waals surface area (Å²) in [5.74, 6) is -0.524. The van der Waals surface area contributed by atoms with Crippen LogP contribution in [-0.4, -0.2) is 47.9 Å². The highest BCUT2D eigenvalue weighted by Gasteiger charge is 2.63. The number of halogens is 3. The number of hydrazone groups is 1. The van der Waals surface area contributed by atoms with E-state index < -0.39 is 24.2 Å². The molecule has 6 nitrogen and oxygen atoms in total. The van der Waals surface area contributed by atoms with Crippen molar-refractivity contribution in [3.8, 4) is 11.5 Å². The van der Waals surface area contributed by atoms with Gasteiger partial charge < -0.3 is 14.6 Å². The topological polar surface area (TPSA) is 71.4 Å². The lowest BCUT2D eigenvalue weighted by molar-refractivity contribution is -0.302. The number of carbonyl (C=O) groups is 1. The van der Waals surface area contributed by atoms with Crippen LogP contribution in [0.3, 0.4) is 0 Å². The van der Waals surface area contributed by atoms with Crippen molar-refractivity contribution in [3.05, 3.63) is 23.8 Å². The van der Waals surface area contributed by atoms with Gasteiger partial charge in [0.2, 0.25) is 5.91 Å². The van der Waals surface area contributed by atoms with Crippen molar-refractivity contribution in [2.45, 2.75) is 38.6 Å². The Balaban J connectivity index is 2.31. The van der Waals surface area contributed by atoms with Crippen molar-refractivity contribution in [2.24, 2.45) is 11.0 Å². The number of benzene rings is 1. The highest BCUT2D eigenvalue weighted by atomic mass is 19.4. The Morgan fingerprint density at radius 2 is 1.92 bits per heavy atom. The van der Waals surface area contributed by atoms with E-state index >= 15 is 0 Å². The zero-order valence-corrected chi connectivity index (χ0v) is 14.9. The number of nitrogens with zero attached hydrogens (tertiary/aromatic N) is 2. The minimum atomic E-state index is -5.03. The van der Waals surface area contributed by atoms with E-state index in [0.717, 1.165) is 0 Å². The summed E-state index contributed by atoms with van der Waals surface area (Å²) in [6.45, 7) is 3.30. The maximum Gasteiger partial charge on any atom is 0.438 e. The third-order valence-corrected chi connectivity index (χ3v) is 4.17. The quantitative estimate of drug-likeness (QED) is 0.860. The molecule has 1 aliphatic heterocycles. The number of carbonyl (C=O) groups excluding carboxylic acids is 1. The average Bonchev–Trinajstić information content (AvgIpc) is 2.94. The second-order valence-electron chi connectivity index (χ2n) is 6.31. The molecule has 1 amide bonds. The maximum absolute atomic E-state index is 13.4. The summed E-state index contributed by atoms with van der Waals surface area (Å²) in [4.78, 5) is 12.5. The number of alkyl halides is 3. The van der Waals surface area contributed by atoms with E-state index in [1.54, 1.807) is 19.9 Å². The van der Waals surface area contributed by atoms with Gasteiger partial charge in [0.25, 0.3) is 5.72 Å². The molecule has 0 bridgehead atoms. The molecule has 26 heavy (non-hydrogen) atoms. The summed E-state index contributed by atoms with van der Waals surface area (Å²) in [7, 11) is 2.85. The van der Waals surface area contributed by atoms with Crippen molar-refractivity contribution in [1.29, 1.82) is 0 Å². The van der Waals surface area contributed by atoms with Crippen molar-refractivity contribution in [1.82, 2.24) is 5.01 Å². The SMILES string of the molecule is COc1ccc(CC(=O)N2N=C(C(C)C)C[C@]2(O)C(F)(F)F)cc1OC. The summed E-state index contributed by atoms with van der Waals surface area (Å²) in [5, 5.41) is 14.1. The lowest BCUT2D eigenvalue weighted by atomic mass is 9.98. The summed E-state index contributed by atoms with van der Waals surface area (Å²) in [6.07, 6.45) is -6.17. The third-order valence-electron chi connectivity index (χ3n) is 4.17. The molecular formula is C17H21F3N2O4. The van der Waals surface area contributed by atoms with Crippen LogP contribution in [0.1, 0.15) is 25.8 Å². The van der Waals surface area contributed by atoms with Gasteiger partial charge in [-0.1, -0.05) is 19.9 Å². The van der Waals surface area contributed by atoms with Crippen LogP contribution in [0.2, 0.25) is 0 Å². The fraction of sp³-hybridized carbons (Fsp3) is 0.529. The normalized spacial score (nSPS) is 20.3. The molecule has 0 spiro atoms. The molecule has 0 radical (unpaired) electrons. The summed E-state index contributed by atoms with van der Waals surface area (Å²) in [6, 6.07) is 4.58. The summed E-state index contributed by atoms with van der Waals surface area (Å²) >= 11 is 0. The molecule has 9 heteroatoms. The highest BCUT2D eigenvalue weighted by molar-refractivity contribution is 5.92. The van der Waals surface area contributed by atoms with Gasteiger partial charge >= 0.3 is 6.18 Å². The number of hydrogen-bond donors (Lipinski definition) is 1. The van der Waals surface area contributed by atoms with Gasteiger partial charge in [-0.05, 0) is 23.6 Å². The van der Waals surface area contributed by atoms with Gasteiger partial charge in [0.05, 0.1) is 20.6 Å². The minimum absolute atomic E-state index is 0.116. The van der Waals surface area contributed by atoms with Gasteiger partial charge in [0, 0.05) is 12.1 Å². The van der Waals surface area contributed by atoms with E-state index in [1.807, 2.05) is 0 Å². The Hall–Kier alpha value is -2.29. The van der Waals surface area contributed by atoms with Crippen molar-refractivity contribution >= 4 is 11.6 Å². The number of rotatable bonds is 5. The summed E-state index contributed by atoms with van der Waals surface area (Å²) < 4.78 is 50.4. The standard InChI is InChI=1S/C17H21F3N2O4/c1-10(2)12-9-16(24,17(18,19)20)22(21-12)15(23)8-11-5-6-13(25-3)14(7-11)26-4/h5-7,10,24H,8-9H2,1-4H3/t16-/m0/s1. The van der Waals surface area contributed by atoms with E-state index in [4.69, 9.17) is 9.47 Å². The molecule has 0 aliphatic carbocycles. The molecule has 0 unspecified atom stereocenters. The first kappa shape index (κ1) is 20.0. The number of methoxy groups -OCH3 is 2. The number of hydrogen-bond acceptors (Lipinski definition) is 5. The maximum atomic E-state index is 13.4. The average molecular weight is 374 g/mol. The Kier molecular flexibility index (Phi) is 5.50. The Bertz CT molecular complexity index is 718. The van der Waals surface area contributed by atoms with Crippen molar-refractivity contribution in [3.63, 3.8) is 0 Å². The van der Waals surface area contributed by atoms with E-state index in [2.05, 4.69) is 5.10 Å². The number of amides is 1. The van der Waals surface area contributed by atoms with Crippen LogP contribution in [0.5, 0.6) is 11.5 Å². The predicted octanol–water partition coefficient (Wildman–Crippen LogP) is 2.74. The van der Waals surface area contributed by atoms with Crippen LogP contribution in [-0.2, 0) is 11.2 Å². The van der Waals surface area contributed by atoms with E-state index in [-0.39, 0.29) is 23.1 Å². The first-order valence-corrected chi connectivity index (χ1v) is 7.94. The molecule has 1 aromatic carbocycles. The molecule has 1 aromatic rings. The molecule has 1 atom stereocenters. The smallest absolute Gasteiger partial charge is 0.438 e. The molecule has 2 rings (SSSR count). The first-order valence-electron chi connectivity index (χ1n) is 7.94. The van der Waals surface area contributed by atoms with Crippen LogP contribution in [0.4, 0.5) is 13.2 Å². The molecule has 144 valence electrons. The largest absolute Gasteiger partial charge is 0.493 e. The predicted molar refractivity (Wildman–Crippen MR) is 88.0 cm³/mol. The number of aliphatic hydroxyl groups is 1. The Morgan fingerprint density at radius 1 is 1.31 bits per heavy atom. The van der Waals surface area contributed by atoms with Gasteiger partial charge in [0.15, 0.2) is 11.5 Å². The van der Waals surface area contributed by atoms with Crippen LogP contribution in [0.25, 0.3) is 0 Å². The summed E-state index contributed by atoms with van der Waals surface area (Å²) in [5.41, 5.74) is -2.81. The zero-order chi connectivity index (χ0) is 19.7. The first-order chi connectivity index (χ1) is 12.0. The third kappa shape index (κ3) is 3.62. The lowest BCUT2D eigenvalue weighted by Crippen LogP contribution is -2.57. The fourth-order valence-electron chi connectivity index (χ4n) is 2.62. The molecule has 1 aliphatic rings. The molecule has 0 saturated heterocycles. The molecule has 0 saturated carbocycles. The fourth-order valence-corrected chi connectivity index (χ4v) is 2.62. The Labute approximate surface area is 149 Å². The Morgan fingerprint density at radius 3 is 2.42 bits per heavy atom. The second kappa shape index (κ2) is 7.14.